The zero-order valence-corrected chi connectivity index (χ0v) is 8.99. The molecular weight excluding hydrogens is 160 g/mol. The molecule has 74 valence electrons. The second-order valence-corrected chi connectivity index (χ2v) is 1.65. The molecule has 1 heteroatoms. The molecule has 0 unspecified atom stereocenters. The first kappa shape index (κ1) is 17.7. The minimum absolute atomic E-state index is 1.00. The summed E-state index contributed by atoms with van der Waals surface area (Å²) >= 11 is 0. The molecule has 0 aromatic heterocycles. The van der Waals surface area contributed by atoms with Crippen LogP contribution in [0.15, 0.2) is 30.3 Å². The van der Waals surface area contributed by atoms with E-state index >= 15 is 0 Å². The van der Waals surface area contributed by atoms with Crippen molar-refractivity contribution in [3.63, 3.8) is 0 Å². The van der Waals surface area contributed by atoms with Crippen LogP contribution >= 0.6 is 0 Å². The highest BCUT2D eigenvalue weighted by Crippen LogP contribution is 1.92. The van der Waals surface area contributed by atoms with Crippen LogP contribution in [0.3, 0.4) is 0 Å². The van der Waals surface area contributed by atoms with Gasteiger partial charge in [0.2, 0.25) is 0 Å². The van der Waals surface area contributed by atoms with E-state index in [0.29, 0.717) is 0 Å². The second kappa shape index (κ2) is 22.4. The molecule has 1 N–H and O–H groups in total. The standard InChI is InChI=1S/C7H8.C2H6.C2H2.CH4O/c1-7-5-3-2-4-6-7;3*1-2/h2-6H,1H3;1-2H3;1-2H;2H,1H3. The Kier molecular flexibility index (Phi) is 30.6. The number of hydrogen-bond acceptors (Lipinski definition) is 1. The van der Waals surface area contributed by atoms with E-state index in [2.05, 4.69) is 31.9 Å². The molecule has 0 aliphatic carbocycles. The SMILES string of the molecule is C#C.CC.CO.Cc1ccccc1. The van der Waals surface area contributed by atoms with Crippen molar-refractivity contribution in [1.82, 2.24) is 0 Å². The molecule has 0 heterocycles. The van der Waals surface area contributed by atoms with Crippen molar-refractivity contribution in [3.8, 4) is 12.8 Å². The van der Waals surface area contributed by atoms with Gasteiger partial charge in [-0.3, -0.25) is 0 Å². The summed E-state index contributed by atoms with van der Waals surface area (Å²) in [5, 5.41) is 7.00. The van der Waals surface area contributed by atoms with Crippen LogP contribution in [0.5, 0.6) is 0 Å². The van der Waals surface area contributed by atoms with E-state index in [9.17, 15) is 0 Å². The van der Waals surface area contributed by atoms with Gasteiger partial charge in [0.15, 0.2) is 0 Å². The van der Waals surface area contributed by atoms with Crippen molar-refractivity contribution in [2.45, 2.75) is 20.8 Å². The molecule has 13 heavy (non-hydrogen) atoms. The van der Waals surface area contributed by atoms with E-state index in [1.807, 2.05) is 32.0 Å². The summed E-state index contributed by atoms with van der Waals surface area (Å²) in [6.45, 7) is 6.08. The molecular formula is C12H20O. The highest BCUT2D eigenvalue weighted by Gasteiger charge is 1.72. The van der Waals surface area contributed by atoms with Gasteiger partial charge in [0.05, 0.1) is 0 Å². The summed E-state index contributed by atoms with van der Waals surface area (Å²) in [6, 6.07) is 10.3. The van der Waals surface area contributed by atoms with Crippen molar-refractivity contribution >= 4 is 0 Å². The Labute approximate surface area is 82.4 Å². The van der Waals surface area contributed by atoms with Gasteiger partial charge in [-0.2, -0.15) is 0 Å². The second-order valence-electron chi connectivity index (χ2n) is 1.65. The summed E-state index contributed by atoms with van der Waals surface area (Å²) in [5.41, 5.74) is 1.32. The molecule has 0 aliphatic rings. The van der Waals surface area contributed by atoms with E-state index in [-0.39, 0.29) is 0 Å². The Morgan fingerprint density at radius 3 is 1.38 bits per heavy atom. The maximum atomic E-state index is 7.00. The monoisotopic (exact) mass is 180 g/mol. The molecule has 0 atom stereocenters. The van der Waals surface area contributed by atoms with Crippen molar-refractivity contribution in [3.05, 3.63) is 35.9 Å². The summed E-state index contributed by atoms with van der Waals surface area (Å²) in [6.07, 6.45) is 8.00. The molecule has 0 fully saturated rings. The van der Waals surface area contributed by atoms with Crippen LogP contribution in [-0.2, 0) is 0 Å². The molecule has 0 bridgehead atoms. The molecule has 0 spiro atoms. The van der Waals surface area contributed by atoms with Gasteiger partial charge < -0.3 is 5.11 Å². The lowest BCUT2D eigenvalue weighted by Gasteiger charge is -1.82. The Hall–Kier alpha value is -1.26. The average Bonchev–Trinajstić information content (AvgIpc) is 2.28. The highest BCUT2D eigenvalue weighted by atomic mass is 16.2. The lowest BCUT2D eigenvalue weighted by molar-refractivity contribution is 0.399. The first-order valence-electron chi connectivity index (χ1n) is 4.19. The molecule has 1 rings (SSSR count). The van der Waals surface area contributed by atoms with Gasteiger partial charge in [0, 0.05) is 7.11 Å². The van der Waals surface area contributed by atoms with E-state index < -0.39 is 0 Å². The van der Waals surface area contributed by atoms with Gasteiger partial charge in [0.1, 0.15) is 0 Å². The fourth-order valence-corrected chi connectivity index (χ4v) is 0.534. The van der Waals surface area contributed by atoms with Crippen LogP contribution in [0.2, 0.25) is 0 Å². The number of aryl methyl sites for hydroxylation is 1. The first-order valence-corrected chi connectivity index (χ1v) is 4.19. The van der Waals surface area contributed by atoms with Gasteiger partial charge in [0.25, 0.3) is 0 Å². The normalized spacial score (nSPS) is 5.77. The lowest BCUT2D eigenvalue weighted by atomic mass is 10.2. The van der Waals surface area contributed by atoms with Gasteiger partial charge in [-0.25, -0.2) is 0 Å². The molecule has 1 aromatic rings. The Bertz CT molecular complexity index is 165. The third-order valence-electron chi connectivity index (χ3n) is 0.940. The lowest BCUT2D eigenvalue weighted by Crippen LogP contribution is -1.62. The van der Waals surface area contributed by atoms with E-state index in [1.165, 1.54) is 5.56 Å². The molecule has 1 nitrogen and oxygen atoms in total. The first-order chi connectivity index (χ1) is 6.39. The number of terminal acetylenes is 1. The van der Waals surface area contributed by atoms with Gasteiger partial charge in [-0.15, -0.1) is 12.8 Å². The predicted octanol–water partition coefficient (Wildman–Crippen LogP) is 2.88. The average molecular weight is 180 g/mol. The smallest absolute Gasteiger partial charge is 0.0319 e. The molecule has 0 saturated heterocycles. The molecule has 0 amide bonds. The minimum Gasteiger partial charge on any atom is -0.400 e. The topological polar surface area (TPSA) is 20.2 Å². The number of benzene rings is 1. The van der Waals surface area contributed by atoms with Crippen LogP contribution in [0.25, 0.3) is 0 Å². The van der Waals surface area contributed by atoms with E-state index in [0.717, 1.165) is 7.11 Å². The number of hydrogen-bond donors (Lipinski definition) is 1. The highest BCUT2D eigenvalue weighted by molar-refractivity contribution is 5.11. The number of aliphatic hydroxyl groups is 1. The third kappa shape index (κ3) is 18.1. The Morgan fingerprint density at radius 2 is 1.23 bits per heavy atom. The van der Waals surface area contributed by atoms with Crippen LogP contribution in [0, 0.1) is 19.8 Å². The fourth-order valence-electron chi connectivity index (χ4n) is 0.534. The zero-order chi connectivity index (χ0) is 11.1. The van der Waals surface area contributed by atoms with Crippen molar-refractivity contribution < 1.29 is 5.11 Å². The van der Waals surface area contributed by atoms with E-state index in [4.69, 9.17) is 5.11 Å². The maximum Gasteiger partial charge on any atom is 0.0319 e. The van der Waals surface area contributed by atoms with E-state index in [1.54, 1.807) is 0 Å². The maximum absolute atomic E-state index is 7.00. The molecule has 0 saturated carbocycles. The van der Waals surface area contributed by atoms with Crippen LogP contribution in [-0.4, -0.2) is 12.2 Å². The predicted molar refractivity (Wildman–Crippen MR) is 60.6 cm³/mol. The van der Waals surface area contributed by atoms with Gasteiger partial charge in [-0.05, 0) is 6.92 Å². The Morgan fingerprint density at radius 1 is 0.923 bits per heavy atom. The largest absolute Gasteiger partial charge is 0.400 e. The van der Waals surface area contributed by atoms with Gasteiger partial charge >= 0.3 is 0 Å². The molecule has 0 aliphatic heterocycles. The summed E-state index contributed by atoms with van der Waals surface area (Å²) in [4.78, 5) is 0. The summed E-state index contributed by atoms with van der Waals surface area (Å²) in [7, 11) is 1.00. The van der Waals surface area contributed by atoms with Crippen LogP contribution in [0.1, 0.15) is 19.4 Å². The summed E-state index contributed by atoms with van der Waals surface area (Å²) in [5.74, 6) is 0. The molecule has 1 aromatic carbocycles. The fraction of sp³-hybridized carbons (Fsp3) is 0.333. The zero-order valence-electron chi connectivity index (χ0n) is 8.99. The third-order valence-corrected chi connectivity index (χ3v) is 0.940. The van der Waals surface area contributed by atoms with Crippen molar-refractivity contribution in [1.29, 1.82) is 0 Å². The minimum atomic E-state index is 1.00. The number of aliphatic hydroxyl groups excluding tert-OH is 1. The quantitative estimate of drug-likeness (QED) is 0.609. The Balaban J connectivity index is -0.000000144. The van der Waals surface area contributed by atoms with Crippen LogP contribution in [0.4, 0.5) is 0 Å². The van der Waals surface area contributed by atoms with Crippen molar-refractivity contribution in [2.75, 3.05) is 7.11 Å². The summed E-state index contributed by atoms with van der Waals surface area (Å²) < 4.78 is 0. The van der Waals surface area contributed by atoms with Crippen LogP contribution < -0.4 is 0 Å². The van der Waals surface area contributed by atoms with Crippen molar-refractivity contribution in [2.24, 2.45) is 0 Å². The molecule has 0 radical (unpaired) electrons. The number of rotatable bonds is 0. The van der Waals surface area contributed by atoms with Gasteiger partial charge in [-0.1, -0.05) is 49.7 Å².